The molecule has 0 spiro atoms. The Morgan fingerprint density at radius 3 is 2.38 bits per heavy atom. The molecule has 0 aromatic heterocycles. The first-order valence-corrected chi connectivity index (χ1v) is 4.66. The van der Waals surface area contributed by atoms with Crippen LogP contribution < -0.4 is 5.73 Å². The lowest BCUT2D eigenvalue weighted by Gasteiger charge is -2.20. The fraction of sp³-hybridized carbons (Fsp3) is 0.455. The average molecular weight is 179 g/mol. The zero-order valence-corrected chi connectivity index (χ0v) is 7.54. The lowest BCUT2D eigenvalue weighted by atomic mass is 9.91. The summed E-state index contributed by atoms with van der Waals surface area (Å²) in [4.78, 5) is 0. The van der Waals surface area contributed by atoms with Crippen LogP contribution in [0.15, 0.2) is 30.3 Å². The average Bonchev–Trinajstić information content (AvgIpc) is 2.87. The number of halogens is 1. The highest BCUT2D eigenvalue weighted by Crippen LogP contribution is 2.45. The summed E-state index contributed by atoms with van der Waals surface area (Å²) in [7, 11) is 0. The fourth-order valence-corrected chi connectivity index (χ4v) is 1.75. The van der Waals surface area contributed by atoms with Gasteiger partial charge in [0.15, 0.2) is 0 Å². The van der Waals surface area contributed by atoms with Gasteiger partial charge in [0.1, 0.15) is 0 Å². The van der Waals surface area contributed by atoms with E-state index < -0.39 is 0 Å². The summed E-state index contributed by atoms with van der Waals surface area (Å²) in [6.07, 6.45) is 1.91. The fourth-order valence-electron chi connectivity index (χ4n) is 1.75. The summed E-state index contributed by atoms with van der Waals surface area (Å²) >= 11 is 0. The predicted molar refractivity (Wildman–Crippen MR) is 51.3 cm³/mol. The highest BCUT2D eigenvalue weighted by Gasteiger charge is 2.46. The summed E-state index contributed by atoms with van der Waals surface area (Å²) < 4.78 is 12.8. The van der Waals surface area contributed by atoms with E-state index in [1.807, 2.05) is 30.3 Å². The van der Waals surface area contributed by atoms with Crippen molar-refractivity contribution in [3.8, 4) is 0 Å². The molecule has 1 aromatic rings. The van der Waals surface area contributed by atoms with E-state index in [0.29, 0.717) is 0 Å². The SMILES string of the molecule is NC1(C(CF)c2ccccc2)CC1. The molecule has 0 heterocycles. The van der Waals surface area contributed by atoms with Gasteiger partial charge >= 0.3 is 0 Å². The minimum absolute atomic E-state index is 0.103. The molecule has 1 nitrogen and oxygen atoms in total. The topological polar surface area (TPSA) is 26.0 Å². The monoisotopic (exact) mass is 179 g/mol. The minimum Gasteiger partial charge on any atom is -0.324 e. The summed E-state index contributed by atoms with van der Waals surface area (Å²) in [5.41, 5.74) is 6.77. The van der Waals surface area contributed by atoms with Crippen molar-refractivity contribution in [2.24, 2.45) is 5.73 Å². The predicted octanol–water partition coefficient (Wildman–Crippen LogP) is 2.23. The van der Waals surface area contributed by atoms with E-state index in [1.165, 1.54) is 0 Å². The van der Waals surface area contributed by atoms with Gasteiger partial charge in [-0.2, -0.15) is 0 Å². The number of benzene rings is 1. The first-order chi connectivity index (χ1) is 6.26. The van der Waals surface area contributed by atoms with Crippen molar-refractivity contribution >= 4 is 0 Å². The molecule has 2 rings (SSSR count). The molecule has 1 fully saturated rings. The Morgan fingerprint density at radius 2 is 1.92 bits per heavy atom. The van der Waals surface area contributed by atoms with E-state index in [-0.39, 0.29) is 18.1 Å². The van der Waals surface area contributed by atoms with E-state index in [9.17, 15) is 4.39 Å². The molecule has 0 amide bonds. The Bertz CT molecular complexity index is 279. The minimum atomic E-state index is -0.347. The van der Waals surface area contributed by atoms with Crippen molar-refractivity contribution in [2.75, 3.05) is 6.67 Å². The number of hydrogen-bond acceptors (Lipinski definition) is 1. The van der Waals surface area contributed by atoms with Crippen molar-refractivity contribution in [3.63, 3.8) is 0 Å². The molecule has 2 N–H and O–H groups in total. The second-order valence-electron chi connectivity index (χ2n) is 3.85. The maximum atomic E-state index is 12.8. The Balaban J connectivity index is 2.23. The lowest BCUT2D eigenvalue weighted by molar-refractivity contribution is 0.376. The van der Waals surface area contributed by atoms with Crippen LogP contribution in [0.1, 0.15) is 24.3 Å². The van der Waals surface area contributed by atoms with E-state index in [0.717, 1.165) is 18.4 Å². The van der Waals surface area contributed by atoms with Gasteiger partial charge in [0, 0.05) is 11.5 Å². The second kappa shape index (κ2) is 3.11. The van der Waals surface area contributed by atoms with Crippen LogP contribution in [0.25, 0.3) is 0 Å². The maximum Gasteiger partial charge on any atom is 0.0980 e. The molecule has 70 valence electrons. The zero-order chi connectivity index (χ0) is 9.31. The number of nitrogens with two attached hydrogens (primary N) is 1. The first-order valence-electron chi connectivity index (χ1n) is 4.66. The van der Waals surface area contributed by atoms with Crippen molar-refractivity contribution in [1.29, 1.82) is 0 Å². The number of alkyl halides is 1. The first kappa shape index (κ1) is 8.70. The van der Waals surface area contributed by atoms with Gasteiger partial charge < -0.3 is 5.73 Å². The third-order valence-electron chi connectivity index (χ3n) is 2.88. The number of hydrogen-bond donors (Lipinski definition) is 1. The van der Waals surface area contributed by atoms with Crippen LogP contribution in [0.3, 0.4) is 0 Å². The molecule has 1 aromatic carbocycles. The van der Waals surface area contributed by atoms with Crippen LogP contribution in [0.5, 0.6) is 0 Å². The van der Waals surface area contributed by atoms with E-state index in [4.69, 9.17) is 5.73 Å². The van der Waals surface area contributed by atoms with Gasteiger partial charge in [0.2, 0.25) is 0 Å². The Labute approximate surface area is 77.8 Å². The lowest BCUT2D eigenvalue weighted by Crippen LogP contribution is -2.31. The largest absolute Gasteiger partial charge is 0.324 e. The summed E-state index contributed by atoms with van der Waals surface area (Å²) in [6, 6.07) is 9.72. The zero-order valence-electron chi connectivity index (χ0n) is 7.54. The van der Waals surface area contributed by atoms with Crippen LogP contribution in [0.4, 0.5) is 4.39 Å². The summed E-state index contributed by atoms with van der Waals surface area (Å²) in [5.74, 6) is -0.103. The van der Waals surface area contributed by atoms with Crippen molar-refractivity contribution < 1.29 is 4.39 Å². The molecule has 0 bridgehead atoms. The molecule has 1 aliphatic carbocycles. The van der Waals surface area contributed by atoms with Gasteiger partial charge in [-0.3, -0.25) is 4.39 Å². The Hall–Kier alpha value is -0.890. The summed E-state index contributed by atoms with van der Waals surface area (Å²) in [5, 5.41) is 0. The van der Waals surface area contributed by atoms with E-state index in [2.05, 4.69) is 0 Å². The quantitative estimate of drug-likeness (QED) is 0.756. The molecular formula is C11H14FN. The van der Waals surface area contributed by atoms with E-state index >= 15 is 0 Å². The van der Waals surface area contributed by atoms with Gasteiger partial charge in [0.05, 0.1) is 6.67 Å². The second-order valence-corrected chi connectivity index (χ2v) is 3.85. The van der Waals surface area contributed by atoms with Gasteiger partial charge in [-0.1, -0.05) is 30.3 Å². The molecule has 1 aliphatic rings. The van der Waals surface area contributed by atoms with Gasteiger partial charge in [-0.05, 0) is 18.4 Å². The summed E-state index contributed by atoms with van der Waals surface area (Å²) in [6.45, 7) is -0.347. The van der Waals surface area contributed by atoms with E-state index in [1.54, 1.807) is 0 Å². The Kier molecular flexibility index (Phi) is 2.08. The maximum absolute atomic E-state index is 12.8. The third-order valence-corrected chi connectivity index (χ3v) is 2.88. The highest BCUT2D eigenvalue weighted by molar-refractivity contribution is 5.27. The normalized spacial score (nSPS) is 21.1. The van der Waals surface area contributed by atoms with Gasteiger partial charge in [-0.25, -0.2) is 0 Å². The molecular weight excluding hydrogens is 165 g/mol. The van der Waals surface area contributed by atoms with Crippen molar-refractivity contribution in [2.45, 2.75) is 24.3 Å². The van der Waals surface area contributed by atoms with Gasteiger partial charge in [0.25, 0.3) is 0 Å². The van der Waals surface area contributed by atoms with Gasteiger partial charge in [-0.15, -0.1) is 0 Å². The smallest absolute Gasteiger partial charge is 0.0980 e. The molecule has 0 radical (unpaired) electrons. The molecule has 1 saturated carbocycles. The Morgan fingerprint density at radius 1 is 1.31 bits per heavy atom. The molecule has 1 atom stereocenters. The third kappa shape index (κ3) is 1.59. The van der Waals surface area contributed by atoms with Crippen LogP contribution in [-0.4, -0.2) is 12.2 Å². The van der Waals surface area contributed by atoms with Crippen molar-refractivity contribution in [3.05, 3.63) is 35.9 Å². The molecule has 0 saturated heterocycles. The molecule has 2 heteroatoms. The highest BCUT2D eigenvalue weighted by atomic mass is 19.1. The molecule has 13 heavy (non-hydrogen) atoms. The number of rotatable bonds is 3. The van der Waals surface area contributed by atoms with Crippen LogP contribution >= 0.6 is 0 Å². The van der Waals surface area contributed by atoms with Crippen LogP contribution in [-0.2, 0) is 0 Å². The molecule has 0 aliphatic heterocycles. The molecule has 1 unspecified atom stereocenters. The van der Waals surface area contributed by atoms with Crippen molar-refractivity contribution in [1.82, 2.24) is 0 Å². The standard InChI is InChI=1S/C11H14FN/c12-8-10(11(13)6-7-11)9-4-2-1-3-5-9/h1-5,10H,6-8,13H2. The van der Waals surface area contributed by atoms with Crippen LogP contribution in [0.2, 0.25) is 0 Å². The van der Waals surface area contributed by atoms with Crippen LogP contribution in [0, 0.1) is 0 Å².